The monoisotopic (exact) mass is 358 g/mol. The van der Waals surface area contributed by atoms with E-state index in [9.17, 15) is 4.79 Å². The van der Waals surface area contributed by atoms with Crippen molar-refractivity contribution >= 4 is 22.8 Å². The molecule has 130 valence electrons. The van der Waals surface area contributed by atoms with Crippen LogP contribution in [0.15, 0.2) is 29.3 Å². The Morgan fingerprint density at radius 1 is 1.20 bits per heavy atom. The number of nitrogens with zero attached hydrogens (tertiary/aromatic N) is 6. The van der Waals surface area contributed by atoms with Crippen molar-refractivity contribution in [2.24, 2.45) is 0 Å². The van der Waals surface area contributed by atoms with Crippen LogP contribution in [0, 0.1) is 6.92 Å². The SMILES string of the molecule is Cc1ccc(-n2nnc3c(=O)n(CCN4CCCC4)cnc32)cc1Cl. The fourth-order valence-corrected chi connectivity index (χ4v) is 3.32. The molecule has 1 fully saturated rings. The lowest BCUT2D eigenvalue weighted by Crippen LogP contribution is -2.29. The van der Waals surface area contributed by atoms with E-state index < -0.39 is 0 Å². The molecule has 0 bridgehead atoms. The standard InChI is InChI=1S/C17H19ClN6O/c1-12-4-5-13(10-14(12)18)24-16-15(20-21-24)17(25)23(11-19-16)9-8-22-6-2-3-7-22/h4-5,10-11H,2-3,6-9H2,1H3. The Morgan fingerprint density at radius 2 is 2.00 bits per heavy atom. The van der Waals surface area contributed by atoms with Crippen LogP contribution in [-0.2, 0) is 6.54 Å². The van der Waals surface area contributed by atoms with Gasteiger partial charge in [-0.1, -0.05) is 22.9 Å². The van der Waals surface area contributed by atoms with Gasteiger partial charge in [-0.3, -0.25) is 9.36 Å². The smallest absolute Gasteiger partial charge is 0.283 e. The fourth-order valence-electron chi connectivity index (χ4n) is 3.15. The van der Waals surface area contributed by atoms with Gasteiger partial charge in [0.25, 0.3) is 5.56 Å². The largest absolute Gasteiger partial charge is 0.302 e. The number of benzene rings is 1. The average molecular weight is 359 g/mol. The molecule has 8 heteroatoms. The van der Waals surface area contributed by atoms with E-state index in [1.807, 2.05) is 19.1 Å². The van der Waals surface area contributed by atoms with Crippen molar-refractivity contribution in [1.29, 1.82) is 0 Å². The molecule has 3 aromatic rings. The molecule has 1 aromatic carbocycles. The van der Waals surface area contributed by atoms with Crippen molar-refractivity contribution in [2.75, 3.05) is 19.6 Å². The Labute approximate surface area is 149 Å². The van der Waals surface area contributed by atoms with E-state index in [0.717, 1.165) is 30.9 Å². The minimum Gasteiger partial charge on any atom is -0.302 e. The lowest BCUT2D eigenvalue weighted by atomic mass is 10.2. The first kappa shape index (κ1) is 16.2. The zero-order valence-electron chi connectivity index (χ0n) is 14.0. The molecular formula is C17H19ClN6O. The van der Waals surface area contributed by atoms with Gasteiger partial charge in [0.05, 0.1) is 5.69 Å². The first-order valence-corrected chi connectivity index (χ1v) is 8.81. The van der Waals surface area contributed by atoms with Gasteiger partial charge in [-0.15, -0.1) is 5.10 Å². The van der Waals surface area contributed by atoms with E-state index in [1.54, 1.807) is 21.6 Å². The topological polar surface area (TPSA) is 68.8 Å². The molecule has 4 rings (SSSR count). The highest BCUT2D eigenvalue weighted by molar-refractivity contribution is 6.31. The quantitative estimate of drug-likeness (QED) is 0.713. The summed E-state index contributed by atoms with van der Waals surface area (Å²) in [7, 11) is 0. The van der Waals surface area contributed by atoms with E-state index >= 15 is 0 Å². The second-order valence-electron chi connectivity index (χ2n) is 6.40. The summed E-state index contributed by atoms with van der Waals surface area (Å²) in [5, 5.41) is 8.78. The Kier molecular flexibility index (Phi) is 4.27. The molecule has 2 aromatic heterocycles. The molecule has 0 atom stereocenters. The van der Waals surface area contributed by atoms with Gasteiger partial charge < -0.3 is 4.90 Å². The molecule has 0 saturated carbocycles. The van der Waals surface area contributed by atoms with Crippen molar-refractivity contribution in [1.82, 2.24) is 29.4 Å². The summed E-state index contributed by atoms with van der Waals surface area (Å²) < 4.78 is 3.16. The summed E-state index contributed by atoms with van der Waals surface area (Å²) in [5.74, 6) is 0. The van der Waals surface area contributed by atoms with Crippen LogP contribution in [0.1, 0.15) is 18.4 Å². The van der Waals surface area contributed by atoms with Crippen molar-refractivity contribution in [3.05, 3.63) is 45.5 Å². The maximum Gasteiger partial charge on any atom is 0.283 e. The van der Waals surface area contributed by atoms with Crippen LogP contribution < -0.4 is 5.56 Å². The third kappa shape index (κ3) is 3.05. The van der Waals surface area contributed by atoms with Gasteiger partial charge in [-0.25, -0.2) is 4.98 Å². The lowest BCUT2D eigenvalue weighted by Gasteiger charge is -2.14. The van der Waals surface area contributed by atoms with E-state index in [-0.39, 0.29) is 11.1 Å². The number of halogens is 1. The van der Waals surface area contributed by atoms with Gasteiger partial charge >= 0.3 is 0 Å². The molecule has 0 aliphatic carbocycles. The van der Waals surface area contributed by atoms with Crippen LogP contribution in [0.3, 0.4) is 0 Å². The highest BCUT2D eigenvalue weighted by Crippen LogP contribution is 2.20. The summed E-state index contributed by atoms with van der Waals surface area (Å²) in [6.07, 6.45) is 4.05. The minimum absolute atomic E-state index is 0.159. The van der Waals surface area contributed by atoms with E-state index in [1.165, 1.54) is 12.8 Å². The van der Waals surface area contributed by atoms with Crippen molar-refractivity contribution in [2.45, 2.75) is 26.3 Å². The number of hydrogen-bond donors (Lipinski definition) is 0. The van der Waals surface area contributed by atoms with E-state index in [0.29, 0.717) is 17.2 Å². The molecular weight excluding hydrogens is 340 g/mol. The predicted octanol–water partition coefficient (Wildman–Crippen LogP) is 2.03. The van der Waals surface area contributed by atoms with Gasteiger partial charge in [0.2, 0.25) is 0 Å². The molecule has 25 heavy (non-hydrogen) atoms. The number of aromatic nitrogens is 5. The molecule has 0 amide bonds. The molecule has 1 aliphatic heterocycles. The van der Waals surface area contributed by atoms with Gasteiger partial charge in [0, 0.05) is 18.1 Å². The van der Waals surface area contributed by atoms with Crippen LogP contribution in [0.25, 0.3) is 16.9 Å². The molecule has 0 spiro atoms. The van der Waals surface area contributed by atoms with Crippen LogP contribution in [0.4, 0.5) is 0 Å². The van der Waals surface area contributed by atoms with Crippen molar-refractivity contribution < 1.29 is 0 Å². The number of likely N-dealkylation sites (tertiary alicyclic amines) is 1. The first-order chi connectivity index (χ1) is 12.1. The molecule has 1 aliphatic rings. The number of rotatable bonds is 4. The third-order valence-corrected chi connectivity index (χ3v) is 5.09. The fraction of sp³-hybridized carbons (Fsp3) is 0.412. The molecule has 7 nitrogen and oxygen atoms in total. The zero-order chi connectivity index (χ0) is 17.4. The number of hydrogen-bond acceptors (Lipinski definition) is 5. The number of fused-ring (bicyclic) bond motifs is 1. The van der Waals surface area contributed by atoms with Crippen LogP contribution in [-0.4, -0.2) is 49.1 Å². The normalized spacial score (nSPS) is 15.3. The van der Waals surface area contributed by atoms with Crippen LogP contribution in [0.5, 0.6) is 0 Å². The van der Waals surface area contributed by atoms with Gasteiger partial charge in [0.1, 0.15) is 6.33 Å². The summed E-state index contributed by atoms with van der Waals surface area (Å²) in [6, 6.07) is 5.59. The highest BCUT2D eigenvalue weighted by atomic mass is 35.5. The molecule has 0 unspecified atom stereocenters. The summed E-state index contributed by atoms with van der Waals surface area (Å²) >= 11 is 6.19. The van der Waals surface area contributed by atoms with Crippen molar-refractivity contribution in [3.8, 4) is 5.69 Å². The van der Waals surface area contributed by atoms with Gasteiger partial charge in [0.15, 0.2) is 11.2 Å². The maximum atomic E-state index is 12.7. The van der Waals surface area contributed by atoms with Crippen molar-refractivity contribution in [3.63, 3.8) is 0 Å². The molecule has 1 saturated heterocycles. The Bertz CT molecular complexity index is 973. The van der Waals surface area contributed by atoms with E-state index in [4.69, 9.17) is 11.6 Å². The minimum atomic E-state index is -0.159. The summed E-state index contributed by atoms with van der Waals surface area (Å²) in [5.41, 5.74) is 2.28. The average Bonchev–Trinajstić information content (AvgIpc) is 3.26. The summed E-state index contributed by atoms with van der Waals surface area (Å²) in [6.45, 7) is 5.62. The maximum absolute atomic E-state index is 12.7. The second-order valence-corrected chi connectivity index (χ2v) is 6.81. The van der Waals surface area contributed by atoms with Gasteiger partial charge in [-0.05, 0) is 50.6 Å². The second kappa shape index (κ2) is 6.57. The Hall–Kier alpha value is -2.25. The Morgan fingerprint density at radius 3 is 2.76 bits per heavy atom. The zero-order valence-corrected chi connectivity index (χ0v) is 14.8. The van der Waals surface area contributed by atoms with E-state index in [2.05, 4.69) is 20.2 Å². The first-order valence-electron chi connectivity index (χ1n) is 8.43. The Balaban J connectivity index is 1.66. The highest BCUT2D eigenvalue weighted by Gasteiger charge is 2.15. The molecule has 0 radical (unpaired) electrons. The predicted molar refractivity (Wildman–Crippen MR) is 96.3 cm³/mol. The lowest BCUT2D eigenvalue weighted by molar-refractivity contribution is 0.320. The van der Waals surface area contributed by atoms with Crippen LogP contribution >= 0.6 is 11.6 Å². The third-order valence-electron chi connectivity index (χ3n) is 4.69. The molecule has 3 heterocycles. The van der Waals surface area contributed by atoms with Gasteiger partial charge in [-0.2, -0.15) is 4.68 Å². The summed E-state index contributed by atoms with van der Waals surface area (Å²) in [4.78, 5) is 19.4. The number of aryl methyl sites for hydroxylation is 1. The van der Waals surface area contributed by atoms with Crippen LogP contribution in [0.2, 0.25) is 5.02 Å². The molecule has 0 N–H and O–H groups in total.